The van der Waals surface area contributed by atoms with E-state index in [2.05, 4.69) is 36.6 Å². The summed E-state index contributed by atoms with van der Waals surface area (Å²) >= 11 is 1.67. The van der Waals surface area contributed by atoms with E-state index in [4.69, 9.17) is 0 Å². The van der Waals surface area contributed by atoms with Crippen molar-refractivity contribution in [3.8, 4) is 0 Å². The van der Waals surface area contributed by atoms with Gasteiger partial charge in [-0.05, 0) is 57.3 Å². The van der Waals surface area contributed by atoms with Gasteiger partial charge in [-0.3, -0.25) is 0 Å². The molecule has 0 aromatic heterocycles. The lowest BCUT2D eigenvalue weighted by molar-refractivity contribution is 0.0779. The Morgan fingerprint density at radius 2 is 2.22 bits per heavy atom. The molecule has 128 valence electrons. The second-order valence-electron chi connectivity index (χ2n) is 6.86. The van der Waals surface area contributed by atoms with E-state index in [1.165, 1.54) is 12.8 Å². The third-order valence-electron chi connectivity index (χ3n) is 4.92. The number of likely N-dealkylation sites (N-methyl/N-ethyl adjacent to an activating group) is 1. The van der Waals surface area contributed by atoms with Crippen molar-refractivity contribution >= 4 is 23.5 Å². The van der Waals surface area contributed by atoms with E-state index in [1.54, 1.807) is 11.8 Å². The Morgan fingerprint density at radius 3 is 2.87 bits per heavy atom. The normalized spacial score (nSPS) is 24.5. The van der Waals surface area contributed by atoms with E-state index < -0.39 is 0 Å². The minimum absolute atomic E-state index is 0.0795. The number of benzene rings is 1. The van der Waals surface area contributed by atoms with Gasteiger partial charge < -0.3 is 15.5 Å². The predicted octanol–water partition coefficient (Wildman–Crippen LogP) is 4.04. The molecule has 0 spiro atoms. The molecule has 5 heteroatoms. The van der Waals surface area contributed by atoms with E-state index >= 15 is 0 Å². The lowest BCUT2D eigenvalue weighted by Crippen LogP contribution is -2.55. The fourth-order valence-corrected chi connectivity index (χ4v) is 3.94. The van der Waals surface area contributed by atoms with E-state index in [1.807, 2.05) is 30.5 Å². The quantitative estimate of drug-likeness (QED) is 0.798. The lowest BCUT2D eigenvalue weighted by atomic mass is 9.75. The SMILES string of the molecule is CSc1cccc(NC(=O)NC[C@@]2(N(C)C)CCC[C@H](C)C2)c1. The fourth-order valence-electron chi connectivity index (χ4n) is 3.48. The second kappa shape index (κ2) is 8.06. The maximum Gasteiger partial charge on any atom is 0.319 e. The summed E-state index contributed by atoms with van der Waals surface area (Å²) in [6.07, 6.45) is 6.85. The van der Waals surface area contributed by atoms with Gasteiger partial charge in [0, 0.05) is 22.7 Å². The van der Waals surface area contributed by atoms with Crippen LogP contribution in [0.5, 0.6) is 0 Å². The Morgan fingerprint density at radius 1 is 1.43 bits per heavy atom. The van der Waals surface area contributed by atoms with Gasteiger partial charge >= 0.3 is 6.03 Å². The van der Waals surface area contributed by atoms with Crippen LogP contribution < -0.4 is 10.6 Å². The second-order valence-corrected chi connectivity index (χ2v) is 7.74. The molecule has 1 aromatic rings. The van der Waals surface area contributed by atoms with Gasteiger partial charge in [-0.2, -0.15) is 0 Å². The van der Waals surface area contributed by atoms with Crippen molar-refractivity contribution in [2.45, 2.75) is 43.0 Å². The van der Waals surface area contributed by atoms with Gasteiger partial charge in [0.25, 0.3) is 0 Å². The minimum Gasteiger partial charge on any atom is -0.336 e. The van der Waals surface area contributed by atoms with Gasteiger partial charge in [-0.15, -0.1) is 11.8 Å². The molecule has 0 unspecified atom stereocenters. The number of urea groups is 1. The molecule has 2 rings (SSSR count). The van der Waals surface area contributed by atoms with Crippen molar-refractivity contribution in [3.05, 3.63) is 24.3 Å². The highest BCUT2D eigenvalue weighted by molar-refractivity contribution is 7.98. The number of rotatable bonds is 5. The number of hydrogen-bond donors (Lipinski definition) is 2. The van der Waals surface area contributed by atoms with Crippen molar-refractivity contribution in [2.75, 3.05) is 32.2 Å². The summed E-state index contributed by atoms with van der Waals surface area (Å²) in [6.45, 7) is 3.00. The molecule has 0 saturated heterocycles. The van der Waals surface area contributed by atoms with Crippen LogP contribution in [0.2, 0.25) is 0 Å². The van der Waals surface area contributed by atoms with Crippen molar-refractivity contribution in [2.24, 2.45) is 5.92 Å². The molecule has 1 aliphatic carbocycles. The van der Waals surface area contributed by atoms with Crippen LogP contribution in [-0.4, -0.2) is 43.4 Å². The van der Waals surface area contributed by atoms with Crippen LogP contribution in [0, 0.1) is 5.92 Å². The number of nitrogens with one attached hydrogen (secondary N) is 2. The minimum atomic E-state index is -0.122. The van der Waals surface area contributed by atoms with Gasteiger partial charge in [0.15, 0.2) is 0 Å². The van der Waals surface area contributed by atoms with Crippen LogP contribution in [0.1, 0.15) is 32.6 Å². The first-order valence-corrected chi connectivity index (χ1v) is 9.54. The van der Waals surface area contributed by atoms with Gasteiger partial charge in [-0.25, -0.2) is 4.79 Å². The summed E-state index contributed by atoms with van der Waals surface area (Å²) in [4.78, 5) is 15.7. The highest BCUT2D eigenvalue weighted by atomic mass is 32.2. The van der Waals surface area contributed by atoms with Gasteiger partial charge in [0.2, 0.25) is 0 Å². The molecule has 1 fully saturated rings. The summed E-state index contributed by atoms with van der Waals surface area (Å²) in [5, 5.41) is 6.02. The highest BCUT2D eigenvalue weighted by Gasteiger charge is 2.37. The molecule has 2 atom stereocenters. The monoisotopic (exact) mass is 335 g/mol. The number of hydrogen-bond acceptors (Lipinski definition) is 3. The largest absolute Gasteiger partial charge is 0.336 e. The lowest BCUT2D eigenvalue weighted by Gasteiger charge is -2.45. The molecular formula is C18H29N3OS. The van der Waals surface area contributed by atoms with Crippen LogP contribution in [0.25, 0.3) is 0 Å². The van der Waals surface area contributed by atoms with Crippen LogP contribution >= 0.6 is 11.8 Å². The van der Waals surface area contributed by atoms with Gasteiger partial charge in [0.1, 0.15) is 0 Å². The molecule has 1 aromatic carbocycles. The van der Waals surface area contributed by atoms with Crippen LogP contribution in [0.15, 0.2) is 29.2 Å². The Kier molecular flexibility index (Phi) is 6.36. The molecule has 0 aliphatic heterocycles. The molecule has 0 radical (unpaired) electrons. The third kappa shape index (κ3) is 4.88. The van der Waals surface area contributed by atoms with Crippen molar-refractivity contribution < 1.29 is 4.79 Å². The van der Waals surface area contributed by atoms with E-state index in [0.717, 1.165) is 23.4 Å². The van der Waals surface area contributed by atoms with E-state index in [-0.39, 0.29) is 11.6 Å². The first-order chi connectivity index (χ1) is 10.9. The zero-order chi connectivity index (χ0) is 16.9. The zero-order valence-corrected chi connectivity index (χ0v) is 15.5. The Bertz CT molecular complexity index is 535. The third-order valence-corrected chi connectivity index (χ3v) is 5.65. The van der Waals surface area contributed by atoms with Crippen LogP contribution in [0.4, 0.5) is 10.5 Å². The summed E-state index contributed by atoms with van der Waals surface area (Å²) in [6, 6.07) is 7.80. The van der Waals surface area contributed by atoms with Gasteiger partial charge in [0.05, 0.1) is 0 Å². The highest BCUT2D eigenvalue weighted by Crippen LogP contribution is 2.35. The number of carbonyl (C=O) groups is 1. The standard InChI is InChI=1S/C18H29N3OS/c1-14-7-6-10-18(12-14,21(2)3)13-19-17(22)20-15-8-5-9-16(11-15)23-4/h5,8-9,11,14H,6-7,10,12-13H2,1-4H3,(H2,19,20,22)/t14-,18+/m0/s1. The molecular weight excluding hydrogens is 306 g/mol. The Balaban J connectivity index is 1.93. The maximum atomic E-state index is 12.3. The first kappa shape index (κ1) is 18.1. The Hall–Kier alpha value is -1.20. The number of nitrogens with zero attached hydrogens (tertiary/aromatic N) is 1. The van der Waals surface area contributed by atoms with E-state index in [0.29, 0.717) is 12.5 Å². The van der Waals surface area contributed by atoms with Crippen molar-refractivity contribution in [3.63, 3.8) is 0 Å². The van der Waals surface area contributed by atoms with Gasteiger partial charge in [-0.1, -0.05) is 25.8 Å². The molecule has 2 amide bonds. The molecule has 1 saturated carbocycles. The van der Waals surface area contributed by atoms with Crippen molar-refractivity contribution in [1.29, 1.82) is 0 Å². The summed E-state index contributed by atoms with van der Waals surface area (Å²) < 4.78 is 0. The van der Waals surface area contributed by atoms with Crippen LogP contribution in [-0.2, 0) is 0 Å². The Labute approximate surface area is 144 Å². The van der Waals surface area contributed by atoms with Crippen LogP contribution in [0.3, 0.4) is 0 Å². The number of thioether (sulfide) groups is 1. The number of amides is 2. The smallest absolute Gasteiger partial charge is 0.319 e. The summed E-state index contributed by atoms with van der Waals surface area (Å²) in [5.74, 6) is 0.717. The summed E-state index contributed by atoms with van der Waals surface area (Å²) in [7, 11) is 4.25. The zero-order valence-electron chi connectivity index (χ0n) is 14.7. The molecule has 2 N–H and O–H groups in total. The average molecular weight is 336 g/mol. The fraction of sp³-hybridized carbons (Fsp3) is 0.611. The number of anilines is 1. The molecule has 0 heterocycles. The molecule has 1 aliphatic rings. The molecule has 23 heavy (non-hydrogen) atoms. The van der Waals surface area contributed by atoms with Crippen molar-refractivity contribution in [1.82, 2.24) is 10.2 Å². The molecule has 0 bridgehead atoms. The van der Waals surface area contributed by atoms with E-state index in [9.17, 15) is 4.79 Å². The predicted molar refractivity (Wildman–Crippen MR) is 99.3 cm³/mol. The average Bonchev–Trinajstić information content (AvgIpc) is 2.53. The topological polar surface area (TPSA) is 44.4 Å². The number of carbonyl (C=O) groups excluding carboxylic acids is 1. The molecule has 4 nitrogen and oxygen atoms in total. The summed E-state index contributed by atoms with van der Waals surface area (Å²) in [5.41, 5.74) is 0.918. The maximum absolute atomic E-state index is 12.3. The first-order valence-electron chi connectivity index (χ1n) is 8.31.